The van der Waals surface area contributed by atoms with Gasteiger partial charge >= 0.3 is 0 Å². The number of carbonyl (C=O) groups is 1. The lowest BCUT2D eigenvalue weighted by atomic mass is 10.1. The number of ether oxygens (including phenoxy) is 1. The Morgan fingerprint density at radius 3 is 2.84 bits per heavy atom. The van der Waals surface area contributed by atoms with Crippen molar-refractivity contribution in [1.82, 2.24) is 0 Å². The lowest BCUT2D eigenvalue weighted by molar-refractivity contribution is 0.100. The molecule has 0 unspecified atom stereocenters. The molecule has 3 N–H and O–H groups in total. The molecule has 1 aromatic heterocycles. The van der Waals surface area contributed by atoms with Crippen LogP contribution in [0.15, 0.2) is 34.1 Å². The molecule has 2 rings (SSSR count). The number of benzene rings is 1. The number of methoxy groups -OCH3 is 1. The normalized spacial score (nSPS) is 10.2. The lowest BCUT2D eigenvalue weighted by Crippen LogP contribution is -2.11. The van der Waals surface area contributed by atoms with Gasteiger partial charge in [0.2, 0.25) is 5.91 Å². The van der Waals surface area contributed by atoms with Crippen LogP contribution in [0.25, 0.3) is 0 Å². The van der Waals surface area contributed by atoms with E-state index in [-0.39, 0.29) is 0 Å². The van der Waals surface area contributed by atoms with Crippen LogP contribution in [0.5, 0.6) is 5.75 Å². The molecule has 0 atom stereocenters. The first-order valence-corrected chi connectivity index (χ1v) is 7.22. The molecule has 0 aliphatic carbocycles. The maximum atomic E-state index is 11.2. The molecule has 4 nitrogen and oxygen atoms in total. The van der Waals surface area contributed by atoms with Crippen molar-refractivity contribution in [2.45, 2.75) is 6.54 Å². The molecule has 0 radical (unpaired) electrons. The molecule has 1 aromatic carbocycles. The predicted octanol–water partition coefficient (Wildman–Crippen LogP) is 3.23. The standard InChI is InChI=1S/C13H13BrN2O2S/c1-18-12-3-2-8(13(15)17)4-11(12)16-6-10-5-9(14)7-19-10/h2-5,7,16H,6H2,1H3,(H2,15,17). The van der Waals surface area contributed by atoms with Gasteiger partial charge in [-0.25, -0.2) is 0 Å². The fourth-order valence-corrected chi connectivity index (χ4v) is 3.02. The Morgan fingerprint density at radius 1 is 1.47 bits per heavy atom. The van der Waals surface area contributed by atoms with E-state index in [1.54, 1.807) is 36.6 Å². The second-order valence-electron chi connectivity index (χ2n) is 3.86. The fraction of sp³-hybridized carbons (Fsp3) is 0.154. The first kappa shape index (κ1) is 13.9. The van der Waals surface area contributed by atoms with E-state index in [9.17, 15) is 4.79 Å². The molecule has 0 fully saturated rings. The molecule has 6 heteroatoms. The van der Waals surface area contributed by atoms with Crippen molar-refractivity contribution in [3.05, 3.63) is 44.6 Å². The van der Waals surface area contributed by atoms with E-state index in [2.05, 4.69) is 21.2 Å². The minimum absolute atomic E-state index is 0.454. The van der Waals surface area contributed by atoms with Gasteiger partial charge in [-0.05, 0) is 40.2 Å². The minimum atomic E-state index is -0.454. The molecule has 0 bridgehead atoms. The Hall–Kier alpha value is -1.53. The van der Waals surface area contributed by atoms with Gasteiger partial charge in [-0.2, -0.15) is 0 Å². The number of rotatable bonds is 5. The second kappa shape index (κ2) is 6.08. The number of primary amides is 1. The molecule has 0 aliphatic heterocycles. The number of amides is 1. The van der Waals surface area contributed by atoms with Crippen molar-refractivity contribution in [2.75, 3.05) is 12.4 Å². The van der Waals surface area contributed by atoms with Gasteiger partial charge < -0.3 is 15.8 Å². The Bertz CT molecular complexity index is 598. The number of hydrogen-bond donors (Lipinski definition) is 2. The van der Waals surface area contributed by atoms with Gasteiger partial charge in [-0.3, -0.25) is 4.79 Å². The Morgan fingerprint density at radius 2 is 2.26 bits per heavy atom. The third kappa shape index (κ3) is 3.48. The van der Waals surface area contributed by atoms with Crippen LogP contribution in [-0.2, 0) is 6.54 Å². The quantitative estimate of drug-likeness (QED) is 0.878. The molecule has 0 spiro atoms. The molecule has 1 heterocycles. The highest BCUT2D eigenvalue weighted by Crippen LogP contribution is 2.27. The molecule has 0 saturated heterocycles. The zero-order chi connectivity index (χ0) is 13.8. The van der Waals surface area contributed by atoms with Gasteiger partial charge in [-0.1, -0.05) is 0 Å². The van der Waals surface area contributed by atoms with E-state index in [0.29, 0.717) is 17.9 Å². The Labute approximate surface area is 123 Å². The van der Waals surface area contributed by atoms with Gasteiger partial charge in [0.25, 0.3) is 0 Å². The molecular weight excluding hydrogens is 328 g/mol. The number of hydrogen-bond acceptors (Lipinski definition) is 4. The fourth-order valence-electron chi connectivity index (χ4n) is 1.63. The summed E-state index contributed by atoms with van der Waals surface area (Å²) in [5, 5.41) is 5.27. The highest BCUT2D eigenvalue weighted by atomic mass is 79.9. The van der Waals surface area contributed by atoms with E-state index in [1.165, 1.54) is 4.88 Å². The minimum Gasteiger partial charge on any atom is -0.495 e. The van der Waals surface area contributed by atoms with Crippen molar-refractivity contribution in [2.24, 2.45) is 5.73 Å². The number of carbonyl (C=O) groups excluding carboxylic acids is 1. The van der Waals surface area contributed by atoms with Crippen molar-refractivity contribution in [3.63, 3.8) is 0 Å². The third-order valence-corrected chi connectivity index (χ3v) is 4.26. The summed E-state index contributed by atoms with van der Waals surface area (Å²) in [6.45, 7) is 0.662. The molecule has 2 aromatic rings. The van der Waals surface area contributed by atoms with Gasteiger partial charge in [0, 0.05) is 26.8 Å². The van der Waals surface area contributed by atoms with E-state index >= 15 is 0 Å². The summed E-state index contributed by atoms with van der Waals surface area (Å²) in [6, 6.07) is 7.12. The average Bonchev–Trinajstić information content (AvgIpc) is 2.81. The Kier molecular flexibility index (Phi) is 4.44. The molecule has 0 aliphatic rings. The van der Waals surface area contributed by atoms with Crippen LogP contribution < -0.4 is 15.8 Å². The van der Waals surface area contributed by atoms with E-state index in [1.807, 2.05) is 11.4 Å². The van der Waals surface area contributed by atoms with Gasteiger partial charge in [0.1, 0.15) is 5.75 Å². The van der Waals surface area contributed by atoms with Crippen molar-refractivity contribution in [1.29, 1.82) is 0 Å². The largest absolute Gasteiger partial charge is 0.495 e. The maximum Gasteiger partial charge on any atom is 0.248 e. The summed E-state index contributed by atoms with van der Waals surface area (Å²) in [5.41, 5.74) is 6.48. The van der Waals surface area contributed by atoms with E-state index in [0.717, 1.165) is 10.2 Å². The number of nitrogens with two attached hydrogens (primary N) is 1. The molecular formula is C13H13BrN2O2S. The summed E-state index contributed by atoms with van der Waals surface area (Å²) >= 11 is 5.06. The third-order valence-electron chi connectivity index (χ3n) is 2.56. The summed E-state index contributed by atoms with van der Waals surface area (Å²) < 4.78 is 6.32. The monoisotopic (exact) mass is 340 g/mol. The first-order chi connectivity index (χ1) is 9.10. The average molecular weight is 341 g/mol. The van der Waals surface area contributed by atoms with Crippen molar-refractivity contribution in [3.8, 4) is 5.75 Å². The summed E-state index contributed by atoms with van der Waals surface area (Å²) in [4.78, 5) is 12.4. The predicted molar refractivity (Wildman–Crippen MR) is 80.9 cm³/mol. The van der Waals surface area contributed by atoms with Gasteiger partial charge in [0.05, 0.1) is 12.8 Å². The number of nitrogens with one attached hydrogen (secondary N) is 1. The van der Waals surface area contributed by atoms with E-state index < -0.39 is 5.91 Å². The van der Waals surface area contributed by atoms with Crippen molar-refractivity contribution < 1.29 is 9.53 Å². The zero-order valence-electron chi connectivity index (χ0n) is 10.3. The molecule has 19 heavy (non-hydrogen) atoms. The zero-order valence-corrected chi connectivity index (χ0v) is 12.7. The first-order valence-electron chi connectivity index (χ1n) is 5.55. The van der Waals surface area contributed by atoms with Crippen LogP contribution in [0, 0.1) is 0 Å². The molecule has 0 saturated carbocycles. The topological polar surface area (TPSA) is 64.3 Å². The highest BCUT2D eigenvalue weighted by Gasteiger charge is 2.08. The van der Waals surface area contributed by atoms with Crippen LogP contribution in [0.2, 0.25) is 0 Å². The van der Waals surface area contributed by atoms with Crippen LogP contribution in [-0.4, -0.2) is 13.0 Å². The summed E-state index contributed by atoms with van der Waals surface area (Å²) in [6.07, 6.45) is 0. The highest BCUT2D eigenvalue weighted by molar-refractivity contribution is 9.10. The van der Waals surface area contributed by atoms with Gasteiger partial charge in [-0.15, -0.1) is 11.3 Å². The Balaban J connectivity index is 2.17. The van der Waals surface area contributed by atoms with Crippen LogP contribution >= 0.6 is 27.3 Å². The summed E-state index contributed by atoms with van der Waals surface area (Å²) in [5.74, 6) is 0.227. The maximum absolute atomic E-state index is 11.2. The molecule has 100 valence electrons. The number of anilines is 1. The summed E-state index contributed by atoms with van der Waals surface area (Å²) in [7, 11) is 1.59. The molecule has 1 amide bonds. The number of halogens is 1. The van der Waals surface area contributed by atoms with E-state index in [4.69, 9.17) is 10.5 Å². The SMILES string of the molecule is COc1ccc(C(N)=O)cc1NCc1cc(Br)cs1. The number of thiophene rings is 1. The van der Waals surface area contributed by atoms with Gasteiger partial charge in [0.15, 0.2) is 0 Å². The lowest BCUT2D eigenvalue weighted by Gasteiger charge is -2.11. The van der Waals surface area contributed by atoms with Crippen LogP contribution in [0.3, 0.4) is 0 Å². The van der Waals surface area contributed by atoms with Crippen molar-refractivity contribution >= 4 is 38.9 Å². The van der Waals surface area contributed by atoms with Crippen LogP contribution in [0.4, 0.5) is 5.69 Å². The second-order valence-corrected chi connectivity index (χ2v) is 5.78. The van der Waals surface area contributed by atoms with Crippen LogP contribution in [0.1, 0.15) is 15.2 Å². The smallest absolute Gasteiger partial charge is 0.248 e.